The molecule has 0 aliphatic carbocycles. The van der Waals surface area contributed by atoms with Crippen LogP contribution in [0.5, 0.6) is 0 Å². The molecule has 25 heavy (non-hydrogen) atoms. The maximum atomic E-state index is 13.2. The molecule has 2 aromatic carbocycles. The van der Waals surface area contributed by atoms with Crippen molar-refractivity contribution in [3.63, 3.8) is 0 Å². The minimum Gasteiger partial charge on any atom is -0.391 e. The van der Waals surface area contributed by atoms with Gasteiger partial charge < -0.3 is 10.0 Å². The van der Waals surface area contributed by atoms with Gasteiger partial charge in [0.05, 0.1) is 12.1 Å². The average molecular weight is 335 g/mol. The van der Waals surface area contributed by atoms with Crippen LogP contribution in [0.3, 0.4) is 0 Å². The highest BCUT2D eigenvalue weighted by molar-refractivity contribution is 5.57. The van der Waals surface area contributed by atoms with Crippen LogP contribution in [0.4, 0.5) is 10.2 Å². The molecule has 0 unspecified atom stereocenters. The van der Waals surface area contributed by atoms with Crippen molar-refractivity contribution in [1.82, 2.24) is 9.97 Å². The first-order valence-corrected chi connectivity index (χ1v) is 8.29. The van der Waals surface area contributed by atoms with Crippen LogP contribution in [0.2, 0.25) is 0 Å². The Balaban J connectivity index is 1.69. The van der Waals surface area contributed by atoms with Gasteiger partial charge in [-0.2, -0.15) is 0 Å². The van der Waals surface area contributed by atoms with E-state index in [0.29, 0.717) is 18.8 Å². The standard InChI is InChI=1S/C20H18FN3O/c21-16-8-6-14(7-9-16)18-12-17(25)13-24(18)19-10-11-22-20(23-19)15-4-2-1-3-5-15/h1-11,17-18,25H,12-13H2/t17-,18-/m1/s1. The summed E-state index contributed by atoms with van der Waals surface area (Å²) >= 11 is 0. The molecule has 1 fully saturated rings. The topological polar surface area (TPSA) is 49.2 Å². The highest BCUT2D eigenvalue weighted by Crippen LogP contribution is 2.35. The molecule has 0 radical (unpaired) electrons. The third-order valence-electron chi connectivity index (χ3n) is 4.50. The van der Waals surface area contributed by atoms with Crippen molar-refractivity contribution in [1.29, 1.82) is 0 Å². The molecular formula is C20H18FN3O. The Morgan fingerprint density at radius 1 is 1.00 bits per heavy atom. The fraction of sp³-hybridized carbons (Fsp3) is 0.200. The van der Waals surface area contributed by atoms with E-state index in [2.05, 4.69) is 14.9 Å². The van der Waals surface area contributed by atoms with Gasteiger partial charge in [-0.25, -0.2) is 14.4 Å². The lowest BCUT2D eigenvalue weighted by atomic mass is 10.0. The zero-order valence-corrected chi connectivity index (χ0v) is 13.6. The van der Waals surface area contributed by atoms with Crippen molar-refractivity contribution < 1.29 is 9.50 Å². The molecule has 0 bridgehead atoms. The molecule has 2 heterocycles. The number of hydrogen-bond donors (Lipinski definition) is 1. The van der Waals surface area contributed by atoms with Gasteiger partial charge in [0.15, 0.2) is 5.82 Å². The molecule has 5 heteroatoms. The summed E-state index contributed by atoms with van der Waals surface area (Å²) < 4.78 is 13.2. The van der Waals surface area contributed by atoms with Crippen LogP contribution >= 0.6 is 0 Å². The maximum Gasteiger partial charge on any atom is 0.161 e. The van der Waals surface area contributed by atoms with Crippen LogP contribution in [0, 0.1) is 5.82 Å². The van der Waals surface area contributed by atoms with E-state index in [0.717, 1.165) is 16.9 Å². The Hall–Kier alpha value is -2.79. The number of benzene rings is 2. The van der Waals surface area contributed by atoms with Crippen LogP contribution < -0.4 is 4.90 Å². The molecular weight excluding hydrogens is 317 g/mol. The van der Waals surface area contributed by atoms with E-state index < -0.39 is 6.10 Å². The summed E-state index contributed by atoms with van der Waals surface area (Å²) in [5.74, 6) is 1.15. The number of halogens is 1. The first-order valence-electron chi connectivity index (χ1n) is 8.29. The Kier molecular flexibility index (Phi) is 4.15. The van der Waals surface area contributed by atoms with Crippen molar-refractivity contribution in [2.24, 2.45) is 0 Å². The Morgan fingerprint density at radius 2 is 1.76 bits per heavy atom. The molecule has 1 aliphatic heterocycles. The molecule has 0 amide bonds. The largest absolute Gasteiger partial charge is 0.391 e. The zero-order valence-electron chi connectivity index (χ0n) is 13.6. The summed E-state index contributed by atoms with van der Waals surface area (Å²) in [6, 6.07) is 18.0. The van der Waals surface area contributed by atoms with Crippen LogP contribution in [0.1, 0.15) is 18.0 Å². The number of aliphatic hydroxyl groups is 1. The lowest BCUT2D eigenvalue weighted by molar-refractivity contribution is 0.194. The molecule has 0 spiro atoms. The summed E-state index contributed by atoms with van der Waals surface area (Å²) in [5, 5.41) is 10.2. The first kappa shape index (κ1) is 15.7. The third kappa shape index (κ3) is 3.23. The molecule has 1 aliphatic rings. The van der Waals surface area contributed by atoms with E-state index in [1.165, 1.54) is 12.1 Å². The van der Waals surface area contributed by atoms with E-state index in [1.54, 1.807) is 18.3 Å². The molecule has 3 aromatic rings. The van der Waals surface area contributed by atoms with Gasteiger partial charge in [-0.1, -0.05) is 42.5 Å². The van der Waals surface area contributed by atoms with Gasteiger partial charge >= 0.3 is 0 Å². The summed E-state index contributed by atoms with van der Waals surface area (Å²) in [7, 11) is 0. The second-order valence-corrected chi connectivity index (χ2v) is 6.21. The molecule has 126 valence electrons. The van der Waals surface area contributed by atoms with Crippen LogP contribution in [-0.2, 0) is 0 Å². The van der Waals surface area contributed by atoms with Gasteiger partial charge in [0.25, 0.3) is 0 Å². The van der Waals surface area contributed by atoms with Gasteiger partial charge in [-0.3, -0.25) is 0 Å². The number of rotatable bonds is 3. The van der Waals surface area contributed by atoms with E-state index in [4.69, 9.17) is 0 Å². The minimum atomic E-state index is -0.440. The van der Waals surface area contributed by atoms with E-state index >= 15 is 0 Å². The molecule has 1 N–H and O–H groups in total. The normalized spacial score (nSPS) is 20.0. The van der Waals surface area contributed by atoms with Crippen LogP contribution in [0.15, 0.2) is 66.9 Å². The number of aromatic nitrogens is 2. The Bertz CT molecular complexity index is 854. The van der Waals surface area contributed by atoms with Crippen molar-refractivity contribution in [2.75, 3.05) is 11.4 Å². The second-order valence-electron chi connectivity index (χ2n) is 6.21. The zero-order chi connectivity index (χ0) is 17.2. The van der Waals surface area contributed by atoms with Gasteiger partial charge in [-0.15, -0.1) is 0 Å². The third-order valence-corrected chi connectivity index (χ3v) is 4.50. The van der Waals surface area contributed by atoms with E-state index in [-0.39, 0.29) is 11.9 Å². The number of aliphatic hydroxyl groups excluding tert-OH is 1. The maximum absolute atomic E-state index is 13.2. The quantitative estimate of drug-likeness (QED) is 0.795. The monoisotopic (exact) mass is 335 g/mol. The summed E-state index contributed by atoms with van der Waals surface area (Å²) in [4.78, 5) is 11.1. The second kappa shape index (κ2) is 6.61. The van der Waals surface area contributed by atoms with Gasteiger partial charge in [0.2, 0.25) is 0 Å². The molecule has 1 saturated heterocycles. The molecule has 0 saturated carbocycles. The van der Waals surface area contributed by atoms with Gasteiger partial charge in [0.1, 0.15) is 11.6 Å². The lowest BCUT2D eigenvalue weighted by Gasteiger charge is -2.26. The minimum absolute atomic E-state index is 0.0332. The highest BCUT2D eigenvalue weighted by atomic mass is 19.1. The number of anilines is 1. The summed E-state index contributed by atoms with van der Waals surface area (Å²) in [6.07, 6.45) is 1.89. The molecule has 4 nitrogen and oxygen atoms in total. The van der Waals surface area contributed by atoms with Crippen molar-refractivity contribution in [2.45, 2.75) is 18.6 Å². The van der Waals surface area contributed by atoms with Gasteiger partial charge in [-0.05, 0) is 30.2 Å². The predicted octanol–water partition coefficient (Wildman–Crippen LogP) is 3.60. The lowest BCUT2D eigenvalue weighted by Crippen LogP contribution is -2.25. The van der Waals surface area contributed by atoms with E-state index in [9.17, 15) is 9.50 Å². The molecule has 1 aromatic heterocycles. The van der Waals surface area contributed by atoms with Crippen molar-refractivity contribution in [3.05, 3.63) is 78.2 Å². The number of hydrogen-bond acceptors (Lipinski definition) is 4. The van der Waals surface area contributed by atoms with E-state index in [1.807, 2.05) is 36.4 Å². The fourth-order valence-corrected chi connectivity index (χ4v) is 3.30. The van der Waals surface area contributed by atoms with Gasteiger partial charge in [0, 0.05) is 18.3 Å². The van der Waals surface area contributed by atoms with Crippen LogP contribution in [0.25, 0.3) is 11.4 Å². The molecule has 4 rings (SSSR count). The number of β-amino-alcohol motifs (C(OH)–C–C–N with tert-alkyl or cyclic N) is 1. The van der Waals surface area contributed by atoms with Crippen molar-refractivity contribution >= 4 is 5.82 Å². The Labute approximate surface area is 145 Å². The smallest absolute Gasteiger partial charge is 0.161 e. The predicted molar refractivity (Wildman–Crippen MR) is 94.6 cm³/mol. The highest BCUT2D eigenvalue weighted by Gasteiger charge is 2.33. The SMILES string of the molecule is O[C@@H]1C[C@H](c2ccc(F)cc2)N(c2ccnc(-c3ccccc3)n2)C1. The van der Waals surface area contributed by atoms with Crippen molar-refractivity contribution in [3.8, 4) is 11.4 Å². The fourth-order valence-electron chi connectivity index (χ4n) is 3.30. The average Bonchev–Trinajstić information content (AvgIpc) is 3.05. The first-order chi connectivity index (χ1) is 12.2. The van der Waals surface area contributed by atoms with Crippen LogP contribution in [-0.4, -0.2) is 27.7 Å². The molecule has 2 atom stereocenters. The Morgan fingerprint density at radius 3 is 2.52 bits per heavy atom. The number of nitrogens with zero attached hydrogens (tertiary/aromatic N) is 3. The summed E-state index contributed by atoms with van der Waals surface area (Å²) in [5.41, 5.74) is 1.92. The summed E-state index contributed by atoms with van der Waals surface area (Å²) in [6.45, 7) is 0.493.